The van der Waals surface area contributed by atoms with E-state index in [1.54, 1.807) is 0 Å². The monoisotopic (exact) mass is 304 g/mol. The summed E-state index contributed by atoms with van der Waals surface area (Å²) < 4.78 is 39.7. The third-order valence-electron chi connectivity index (χ3n) is 2.31. The van der Waals surface area contributed by atoms with E-state index in [4.69, 9.17) is 0 Å². The highest BCUT2D eigenvalue weighted by Crippen LogP contribution is 2.27. The van der Waals surface area contributed by atoms with Crippen LogP contribution in [0.15, 0.2) is 30.5 Å². The minimum Gasteiger partial charge on any atom is -0.232 e. The standard InChI is InChI=1S/C11H8BrF3N2/c12-5-7-6-16-17(10(7)11(14)15)9-3-1-8(13)2-4-9/h1-4,6,11H,5H2. The van der Waals surface area contributed by atoms with Gasteiger partial charge in [0.15, 0.2) is 0 Å². The van der Waals surface area contributed by atoms with Crippen LogP contribution in [0.5, 0.6) is 0 Å². The van der Waals surface area contributed by atoms with E-state index in [1.807, 2.05) is 0 Å². The number of aromatic nitrogens is 2. The molecule has 2 nitrogen and oxygen atoms in total. The molecule has 0 N–H and O–H groups in total. The number of hydrogen-bond acceptors (Lipinski definition) is 1. The predicted molar refractivity (Wildman–Crippen MR) is 61.1 cm³/mol. The van der Waals surface area contributed by atoms with Crippen LogP contribution in [0.1, 0.15) is 17.7 Å². The van der Waals surface area contributed by atoms with Crippen LogP contribution in [0.2, 0.25) is 0 Å². The lowest BCUT2D eigenvalue weighted by Gasteiger charge is -2.07. The van der Waals surface area contributed by atoms with Gasteiger partial charge >= 0.3 is 0 Å². The van der Waals surface area contributed by atoms with Gasteiger partial charge in [-0.2, -0.15) is 5.10 Å². The van der Waals surface area contributed by atoms with Crippen LogP contribution in [0.3, 0.4) is 0 Å². The quantitative estimate of drug-likeness (QED) is 0.788. The first-order valence-corrected chi connectivity index (χ1v) is 5.92. The minimum atomic E-state index is -2.63. The van der Waals surface area contributed by atoms with Crippen molar-refractivity contribution < 1.29 is 13.2 Å². The summed E-state index contributed by atoms with van der Waals surface area (Å²) in [4.78, 5) is 0. The van der Waals surface area contributed by atoms with Gasteiger partial charge in [0, 0.05) is 10.9 Å². The SMILES string of the molecule is Fc1ccc(-n2ncc(CBr)c2C(F)F)cc1. The van der Waals surface area contributed by atoms with E-state index < -0.39 is 12.2 Å². The Balaban J connectivity index is 2.51. The van der Waals surface area contributed by atoms with E-state index in [2.05, 4.69) is 21.0 Å². The van der Waals surface area contributed by atoms with Gasteiger partial charge < -0.3 is 0 Å². The Hall–Kier alpha value is -1.30. The number of nitrogens with zero attached hydrogens (tertiary/aromatic N) is 2. The van der Waals surface area contributed by atoms with Gasteiger partial charge in [0.2, 0.25) is 0 Å². The Kier molecular flexibility index (Phi) is 3.51. The van der Waals surface area contributed by atoms with Crippen LogP contribution >= 0.6 is 15.9 Å². The molecule has 0 fully saturated rings. The van der Waals surface area contributed by atoms with E-state index in [1.165, 1.54) is 30.5 Å². The molecule has 6 heteroatoms. The second-order valence-electron chi connectivity index (χ2n) is 3.38. The van der Waals surface area contributed by atoms with E-state index in [-0.39, 0.29) is 5.69 Å². The fourth-order valence-corrected chi connectivity index (χ4v) is 1.95. The van der Waals surface area contributed by atoms with Gasteiger partial charge in [0.25, 0.3) is 6.43 Å². The minimum absolute atomic E-state index is 0.173. The molecule has 0 spiro atoms. The highest BCUT2D eigenvalue weighted by atomic mass is 79.9. The highest BCUT2D eigenvalue weighted by Gasteiger charge is 2.20. The summed E-state index contributed by atoms with van der Waals surface area (Å²) in [6, 6.07) is 5.23. The van der Waals surface area contributed by atoms with Crippen LogP contribution < -0.4 is 0 Å². The zero-order valence-corrected chi connectivity index (χ0v) is 10.2. The third kappa shape index (κ3) is 2.36. The molecule has 2 rings (SSSR count). The third-order valence-corrected chi connectivity index (χ3v) is 2.91. The fraction of sp³-hybridized carbons (Fsp3) is 0.182. The molecule has 0 saturated heterocycles. The van der Waals surface area contributed by atoms with Crippen LogP contribution in [-0.4, -0.2) is 9.78 Å². The average molecular weight is 305 g/mol. The lowest BCUT2D eigenvalue weighted by Crippen LogP contribution is -2.03. The van der Waals surface area contributed by atoms with E-state index >= 15 is 0 Å². The van der Waals surface area contributed by atoms with Gasteiger partial charge in [0.1, 0.15) is 11.5 Å². The number of benzene rings is 1. The second-order valence-corrected chi connectivity index (χ2v) is 3.94. The molecule has 2 aromatic rings. The van der Waals surface area contributed by atoms with Gasteiger partial charge in [-0.3, -0.25) is 0 Å². The molecular formula is C11H8BrF3N2. The van der Waals surface area contributed by atoms with Crippen molar-refractivity contribution in [3.05, 3.63) is 47.5 Å². The first-order valence-electron chi connectivity index (χ1n) is 4.80. The summed E-state index contributed by atoms with van der Waals surface area (Å²) in [5.74, 6) is -0.416. The van der Waals surface area contributed by atoms with Crippen LogP contribution in [0, 0.1) is 5.82 Å². The predicted octanol–water partition coefficient (Wildman–Crippen LogP) is 3.84. The molecule has 0 radical (unpaired) electrons. The Morgan fingerprint density at radius 2 is 1.88 bits per heavy atom. The summed E-state index contributed by atoms with van der Waals surface area (Å²) in [6.07, 6.45) is -1.25. The normalized spacial score (nSPS) is 11.1. The van der Waals surface area contributed by atoms with Crippen molar-refractivity contribution in [3.8, 4) is 5.69 Å². The van der Waals surface area contributed by atoms with E-state index in [0.29, 0.717) is 16.6 Å². The Bertz CT molecular complexity index is 508. The van der Waals surface area contributed by atoms with Gasteiger partial charge in [-0.1, -0.05) is 15.9 Å². The maximum Gasteiger partial charge on any atom is 0.280 e. The molecule has 0 aliphatic heterocycles. The molecule has 1 aromatic heterocycles. The van der Waals surface area contributed by atoms with Crippen molar-refractivity contribution in [2.45, 2.75) is 11.8 Å². The van der Waals surface area contributed by atoms with Crippen molar-refractivity contribution >= 4 is 15.9 Å². The lowest BCUT2D eigenvalue weighted by atomic mass is 10.2. The Morgan fingerprint density at radius 3 is 2.41 bits per heavy atom. The smallest absolute Gasteiger partial charge is 0.232 e. The van der Waals surface area contributed by atoms with Crippen molar-refractivity contribution in [3.63, 3.8) is 0 Å². The molecule has 0 aliphatic rings. The maximum atomic E-state index is 12.9. The van der Waals surface area contributed by atoms with E-state index in [9.17, 15) is 13.2 Å². The molecule has 0 aliphatic carbocycles. The van der Waals surface area contributed by atoms with Crippen molar-refractivity contribution in [2.75, 3.05) is 0 Å². The molecule has 0 saturated carbocycles. The zero-order valence-electron chi connectivity index (χ0n) is 8.58. The Morgan fingerprint density at radius 1 is 1.24 bits per heavy atom. The summed E-state index contributed by atoms with van der Waals surface area (Å²) >= 11 is 3.13. The van der Waals surface area contributed by atoms with Crippen molar-refractivity contribution in [1.29, 1.82) is 0 Å². The first kappa shape index (κ1) is 12.2. The number of alkyl halides is 3. The fourth-order valence-electron chi connectivity index (χ4n) is 1.52. The number of rotatable bonds is 3. The molecule has 1 aromatic carbocycles. The van der Waals surface area contributed by atoms with Gasteiger partial charge in [-0.05, 0) is 24.3 Å². The van der Waals surface area contributed by atoms with Crippen LogP contribution in [0.25, 0.3) is 5.69 Å². The average Bonchev–Trinajstić information content (AvgIpc) is 2.73. The Labute approximate surface area is 104 Å². The molecule has 1 heterocycles. The second kappa shape index (κ2) is 4.91. The molecule has 90 valence electrons. The summed E-state index contributed by atoms with van der Waals surface area (Å²) in [5.41, 5.74) is 0.659. The molecule has 0 bridgehead atoms. The lowest BCUT2D eigenvalue weighted by molar-refractivity contribution is 0.142. The van der Waals surface area contributed by atoms with Gasteiger partial charge in [-0.25, -0.2) is 17.9 Å². The van der Waals surface area contributed by atoms with Crippen molar-refractivity contribution in [1.82, 2.24) is 9.78 Å². The molecule has 0 atom stereocenters. The highest BCUT2D eigenvalue weighted by molar-refractivity contribution is 9.08. The molecule has 0 amide bonds. The largest absolute Gasteiger partial charge is 0.280 e. The first-order chi connectivity index (χ1) is 8.13. The zero-order chi connectivity index (χ0) is 12.4. The number of hydrogen-bond donors (Lipinski definition) is 0. The summed E-state index contributed by atoms with van der Waals surface area (Å²) in [7, 11) is 0. The molecular weight excluding hydrogens is 297 g/mol. The van der Waals surface area contributed by atoms with E-state index in [0.717, 1.165) is 4.68 Å². The van der Waals surface area contributed by atoms with Crippen molar-refractivity contribution in [2.24, 2.45) is 0 Å². The topological polar surface area (TPSA) is 17.8 Å². The van der Waals surface area contributed by atoms with Crippen LogP contribution in [-0.2, 0) is 5.33 Å². The number of halogens is 4. The summed E-state index contributed by atoms with van der Waals surface area (Å²) in [5, 5.41) is 4.19. The maximum absolute atomic E-state index is 12.9. The molecule has 17 heavy (non-hydrogen) atoms. The van der Waals surface area contributed by atoms with Gasteiger partial charge in [-0.15, -0.1) is 0 Å². The summed E-state index contributed by atoms with van der Waals surface area (Å²) in [6.45, 7) is 0. The van der Waals surface area contributed by atoms with Gasteiger partial charge in [0.05, 0.1) is 11.9 Å². The van der Waals surface area contributed by atoms with Crippen LogP contribution in [0.4, 0.5) is 13.2 Å². The molecule has 0 unspecified atom stereocenters.